The number of carbonyl (C=O) groups excluding carboxylic acids is 1. The van der Waals surface area contributed by atoms with Gasteiger partial charge in [0.1, 0.15) is 5.78 Å². The van der Waals surface area contributed by atoms with Crippen LogP contribution >= 0.6 is 0 Å². The van der Waals surface area contributed by atoms with Crippen LogP contribution in [0.5, 0.6) is 0 Å². The Kier molecular flexibility index (Phi) is 6.46. The third-order valence-electron chi connectivity index (χ3n) is 11.8. The van der Waals surface area contributed by atoms with E-state index in [-0.39, 0.29) is 10.8 Å². The molecule has 0 amide bonds. The van der Waals surface area contributed by atoms with Crippen LogP contribution in [0.25, 0.3) is 0 Å². The number of rotatable bonds is 6. The maximum atomic E-state index is 13.5. The van der Waals surface area contributed by atoms with Crippen molar-refractivity contribution in [3.63, 3.8) is 0 Å². The minimum atomic E-state index is -0.210. The fraction of sp³-hybridized carbons (Fsp3) is 0.571. The van der Waals surface area contributed by atoms with Crippen LogP contribution in [0.15, 0.2) is 72.3 Å². The van der Waals surface area contributed by atoms with E-state index in [2.05, 4.69) is 80.6 Å². The Morgan fingerprint density at radius 3 is 2.24 bits per heavy atom. The molecular weight excluding hydrogens is 452 g/mol. The number of fused-ring (bicyclic) bond motifs is 5. The Labute approximate surface area is 223 Å². The normalized spacial score (nSPS) is 38.7. The topological polar surface area (TPSA) is 26.3 Å². The average molecular weight is 497 g/mol. The van der Waals surface area contributed by atoms with Crippen LogP contribution in [0.3, 0.4) is 0 Å². The molecule has 196 valence electrons. The average Bonchev–Trinajstić information content (AvgIpc) is 3.21. The van der Waals surface area contributed by atoms with Gasteiger partial charge in [0, 0.05) is 5.41 Å². The highest BCUT2D eigenvalue weighted by Gasteiger charge is 2.65. The minimum Gasteiger partial charge on any atom is -0.373 e. The van der Waals surface area contributed by atoms with Crippen LogP contribution in [0.1, 0.15) is 83.3 Å². The summed E-state index contributed by atoms with van der Waals surface area (Å²) in [6.07, 6.45) is 13.3. The van der Waals surface area contributed by atoms with Crippen LogP contribution in [0, 0.1) is 34.0 Å². The molecule has 6 rings (SSSR count). The molecule has 0 radical (unpaired) electrons. The second kappa shape index (κ2) is 9.53. The number of carbonyl (C=O) groups is 1. The number of benzene rings is 2. The van der Waals surface area contributed by atoms with Gasteiger partial charge in [-0.1, -0.05) is 86.2 Å². The maximum absolute atomic E-state index is 13.5. The van der Waals surface area contributed by atoms with Crippen LogP contribution < -0.4 is 0 Å². The quantitative estimate of drug-likeness (QED) is 0.376. The van der Waals surface area contributed by atoms with Gasteiger partial charge in [-0.15, -0.1) is 0 Å². The molecule has 0 spiro atoms. The van der Waals surface area contributed by atoms with E-state index in [4.69, 9.17) is 4.74 Å². The van der Waals surface area contributed by atoms with E-state index in [1.54, 1.807) is 5.57 Å². The summed E-state index contributed by atoms with van der Waals surface area (Å²) in [5, 5.41) is 0. The van der Waals surface area contributed by atoms with Crippen molar-refractivity contribution in [1.82, 2.24) is 0 Å². The molecule has 3 fully saturated rings. The van der Waals surface area contributed by atoms with E-state index in [9.17, 15) is 4.79 Å². The van der Waals surface area contributed by atoms with E-state index in [1.807, 2.05) is 6.92 Å². The van der Waals surface area contributed by atoms with Gasteiger partial charge in [-0.2, -0.15) is 0 Å². The lowest BCUT2D eigenvalue weighted by Crippen LogP contribution is -2.54. The van der Waals surface area contributed by atoms with Crippen molar-refractivity contribution in [2.75, 3.05) is 0 Å². The first-order valence-electron chi connectivity index (χ1n) is 14.8. The highest BCUT2D eigenvalue weighted by Crippen LogP contribution is 2.70. The van der Waals surface area contributed by atoms with Crippen molar-refractivity contribution in [2.45, 2.75) is 91.3 Å². The summed E-state index contributed by atoms with van der Waals surface area (Å²) in [5.41, 5.74) is 4.46. The molecule has 4 aliphatic rings. The third-order valence-corrected chi connectivity index (χ3v) is 11.8. The molecule has 0 saturated heterocycles. The predicted molar refractivity (Wildman–Crippen MR) is 150 cm³/mol. The molecule has 0 aromatic heterocycles. The molecule has 2 aromatic carbocycles. The first-order chi connectivity index (χ1) is 17.9. The Morgan fingerprint density at radius 1 is 0.865 bits per heavy atom. The van der Waals surface area contributed by atoms with Gasteiger partial charge in [0.15, 0.2) is 0 Å². The van der Waals surface area contributed by atoms with Crippen molar-refractivity contribution in [1.29, 1.82) is 0 Å². The highest BCUT2D eigenvalue weighted by atomic mass is 16.5. The molecule has 2 nitrogen and oxygen atoms in total. The zero-order chi connectivity index (χ0) is 25.7. The maximum Gasteiger partial charge on any atom is 0.136 e. The number of hydrogen-bond donors (Lipinski definition) is 0. The number of ether oxygens (including phenoxy) is 1. The largest absolute Gasteiger partial charge is 0.373 e. The molecule has 0 heterocycles. The smallest absolute Gasteiger partial charge is 0.136 e. The summed E-state index contributed by atoms with van der Waals surface area (Å²) < 4.78 is 6.42. The van der Waals surface area contributed by atoms with E-state index < -0.39 is 0 Å². The van der Waals surface area contributed by atoms with Crippen LogP contribution in [-0.2, 0) is 22.6 Å². The molecule has 3 unspecified atom stereocenters. The van der Waals surface area contributed by atoms with E-state index in [0.29, 0.717) is 29.1 Å². The minimum absolute atomic E-state index is 0.105. The van der Waals surface area contributed by atoms with E-state index in [0.717, 1.165) is 38.2 Å². The second-order valence-corrected chi connectivity index (χ2v) is 13.2. The molecule has 2 aromatic rings. The Balaban J connectivity index is 1.21. The standard InChI is InChI=1S/C35H44O2/c1-25(36)35(23-26-10-6-4-7-11-26)21-18-32-30-15-14-28-22-29(37-24-27-12-8-5-9-13-27)16-19-33(28,2)31(30)17-20-34(32,35)3/h4-14,29-32H,15-24H2,1-3H3/t29-,30?,31?,32?,33-,34-,35-/m0/s1. The lowest BCUT2D eigenvalue weighted by atomic mass is 9.45. The molecule has 37 heavy (non-hydrogen) atoms. The van der Waals surface area contributed by atoms with Gasteiger partial charge in [0.05, 0.1) is 12.7 Å². The summed E-state index contributed by atoms with van der Waals surface area (Å²) >= 11 is 0. The first-order valence-corrected chi connectivity index (χ1v) is 14.8. The van der Waals surface area contributed by atoms with Gasteiger partial charge >= 0.3 is 0 Å². The Bertz CT molecular complexity index is 1150. The second-order valence-electron chi connectivity index (χ2n) is 13.2. The van der Waals surface area contributed by atoms with Crippen molar-refractivity contribution in [2.24, 2.45) is 34.0 Å². The number of Topliss-reactive ketones (excluding diaryl/α,β-unsaturated/α-hetero) is 1. The SMILES string of the molecule is CC(=O)[C@@]1(Cc2ccccc2)CCC2C3CC=C4C[C@@H](OCc5ccccc5)CC[C@]4(C)C3CC[C@@]21C. The molecule has 7 atom stereocenters. The number of hydrogen-bond acceptors (Lipinski definition) is 2. The van der Waals surface area contributed by atoms with Crippen molar-refractivity contribution < 1.29 is 9.53 Å². The van der Waals surface area contributed by atoms with Crippen molar-refractivity contribution >= 4 is 5.78 Å². The first kappa shape index (κ1) is 25.1. The summed E-state index contributed by atoms with van der Waals surface area (Å²) in [4.78, 5) is 13.5. The molecule has 3 saturated carbocycles. The van der Waals surface area contributed by atoms with Crippen LogP contribution in [0.4, 0.5) is 0 Å². The molecule has 2 heteroatoms. The van der Waals surface area contributed by atoms with Gasteiger partial charge in [-0.25, -0.2) is 0 Å². The monoisotopic (exact) mass is 496 g/mol. The fourth-order valence-electron chi connectivity index (χ4n) is 9.63. The predicted octanol–water partition coefficient (Wildman–Crippen LogP) is 8.35. The summed E-state index contributed by atoms with van der Waals surface area (Å²) in [5.74, 6) is 2.54. The lowest BCUT2D eigenvalue weighted by Gasteiger charge is -2.59. The lowest BCUT2D eigenvalue weighted by molar-refractivity contribution is -0.140. The Morgan fingerprint density at radius 2 is 1.54 bits per heavy atom. The molecule has 0 aliphatic heterocycles. The summed E-state index contributed by atoms with van der Waals surface area (Å²) in [7, 11) is 0. The zero-order valence-corrected chi connectivity index (χ0v) is 23.0. The summed E-state index contributed by atoms with van der Waals surface area (Å²) in [6, 6.07) is 21.4. The van der Waals surface area contributed by atoms with Crippen LogP contribution in [-0.4, -0.2) is 11.9 Å². The summed E-state index contributed by atoms with van der Waals surface area (Å²) in [6.45, 7) is 7.68. The van der Waals surface area contributed by atoms with Gasteiger partial charge in [0.25, 0.3) is 0 Å². The van der Waals surface area contributed by atoms with Crippen molar-refractivity contribution in [3.8, 4) is 0 Å². The highest BCUT2D eigenvalue weighted by molar-refractivity contribution is 5.84. The van der Waals surface area contributed by atoms with E-state index >= 15 is 0 Å². The molecule has 0 bridgehead atoms. The Hall–Kier alpha value is -2.19. The zero-order valence-electron chi connectivity index (χ0n) is 23.0. The van der Waals surface area contributed by atoms with Gasteiger partial charge in [-0.3, -0.25) is 4.79 Å². The fourth-order valence-corrected chi connectivity index (χ4v) is 9.63. The van der Waals surface area contributed by atoms with Crippen molar-refractivity contribution in [3.05, 3.63) is 83.4 Å². The third kappa shape index (κ3) is 4.06. The van der Waals surface area contributed by atoms with E-state index in [1.165, 1.54) is 43.2 Å². The van der Waals surface area contributed by atoms with Crippen LogP contribution in [0.2, 0.25) is 0 Å². The molecular formula is C35H44O2. The number of allylic oxidation sites excluding steroid dienone is 1. The molecule has 4 aliphatic carbocycles. The number of ketones is 1. The van der Waals surface area contributed by atoms with Gasteiger partial charge in [0.2, 0.25) is 0 Å². The van der Waals surface area contributed by atoms with Gasteiger partial charge in [-0.05, 0) is 104 Å². The molecule has 0 N–H and O–H groups in total. The van der Waals surface area contributed by atoms with Gasteiger partial charge < -0.3 is 4.74 Å².